The lowest BCUT2D eigenvalue weighted by atomic mass is 9.75. The predicted molar refractivity (Wildman–Crippen MR) is 71.6 cm³/mol. The summed E-state index contributed by atoms with van der Waals surface area (Å²) in [7, 11) is 0. The molecule has 0 saturated carbocycles. The van der Waals surface area contributed by atoms with Crippen LogP contribution >= 0.6 is 0 Å². The molecule has 0 aromatic carbocycles. The Hall–Kier alpha value is -1.75. The lowest BCUT2D eigenvalue weighted by Crippen LogP contribution is -2.36. The van der Waals surface area contributed by atoms with Crippen LogP contribution < -0.4 is 0 Å². The maximum atomic E-state index is 4.56. The fraction of sp³-hybridized carbons (Fsp3) is 0.500. The number of pyridine rings is 1. The maximum Gasteiger partial charge on any atom is 0.174 e. The van der Waals surface area contributed by atoms with Crippen molar-refractivity contribution in [1.82, 2.24) is 25.1 Å². The smallest absolute Gasteiger partial charge is 0.174 e. The zero-order valence-electron chi connectivity index (χ0n) is 10.8. The second-order valence-electron chi connectivity index (χ2n) is 5.68. The second-order valence-corrected chi connectivity index (χ2v) is 5.68. The number of hydrogen-bond donors (Lipinski definition) is 1. The number of rotatable bonds is 2. The fourth-order valence-electron chi connectivity index (χ4n) is 3.55. The molecule has 5 nitrogen and oxygen atoms in total. The average Bonchev–Trinajstić information content (AvgIpc) is 3.09. The molecule has 0 aliphatic carbocycles. The number of hydrogen-bond acceptors (Lipinski definition) is 4. The minimum absolute atomic E-state index is 0.352. The minimum atomic E-state index is 0.352. The Morgan fingerprint density at radius 1 is 1.16 bits per heavy atom. The molecule has 4 heterocycles. The van der Waals surface area contributed by atoms with Crippen LogP contribution in [-0.2, 0) is 5.41 Å². The van der Waals surface area contributed by atoms with Gasteiger partial charge in [0.15, 0.2) is 5.82 Å². The minimum Gasteiger partial charge on any atom is -0.302 e. The van der Waals surface area contributed by atoms with E-state index in [0.29, 0.717) is 5.41 Å². The fourth-order valence-corrected chi connectivity index (χ4v) is 3.55. The Balaban J connectivity index is 1.66. The summed E-state index contributed by atoms with van der Waals surface area (Å²) in [6, 6.07) is 4.28. The van der Waals surface area contributed by atoms with Crippen molar-refractivity contribution in [2.75, 3.05) is 19.6 Å². The molecule has 0 radical (unpaired) electrons. The molecule has 2 unspecified atom stereocenters. The van der Waals surface area contributed by atoms with Crippen molar-refractivity contribution >= 4 is 0 Å². The van der Waals surface area contributed by atoms with E-state index >= 15 is 0 Å². The Morgan fingerprint density at radius 2 is 2.16 bits per heavy atom. The van der Waals surface area contributed by atoms with Gasteiger partial charge in [-0.1, -0.05) is 6.07 Å². The number of fused-ring (bicyclic) bond motifs is 2. The van der Waals surface area contributed by atoms with Gasteiger partial charge in [-0.05, 0) is 44.0 Å². The maximum absolute atomic E-state index is 4.56. The molecule has 2 aromatic heterocycles. The van der Waals surface area contributed by atoms with Crippen molar-refractivity contribution in [3.63, 3.8) is 0 Å². The summed E-state index contributed by atoms with van der Waals surface area (Å²) in [6.07, 6.45) is 7.43. The van der Waals surface area contributed by atoms with Crippen LogP contribution in [-0.4, -0.2) is 44.7 Å². The molecular weight excluding hydrogens is 238 g/mol. The highest BCUT2D eigenvalue weighted by atomic mass is 15.2. The highest BCUT2D eigenvalue weighted by Gasteiger charge is 2.42. The van der Waals surface area contributed by atoms with E-state index in [2.05, 4.69) is 37.2 Å². The van der Waals surface area contributed by atoms with Crippen LogP contribution in [0.15, 0.2) is 24.7 Å². The van der Waals surface area contributed by atoms with Gasteiger partial charge >= 0.3 is 0 Å². The first-order valence-electron chi connectivity index (χ1n) is 6.90. The standard InChI is InChI=1S/C14H17N5/c1-4-14(5-7-19(6-1)9-14)11-2-3-12(15-8-11)13-16-10-17-18-13/h2-3,8,10H,1,4-7,9H2,(H,16,17,18). The molecule has 0 spiro atoms. The quantitative estimate of drug-likeness (QED) is 0.885. The molecule has 2 aromatic rings. The van der Waals surface area contributed by atoms with Crippen LogP contribution in [0.4, 0.5) is 0 Å². The molecule has 2 aliphatic rings. The highest BCUT2D eigenvalue weighted by Crippen LogP contribution is 2.41. The van der Waals surface area contributed by atoms with Gasteiger partial charge in [-0.2, -0.15) is 5.10 Å². The average molecular weight is 255 g/mol. The summed E-state index contributed by atoms with van der Waals surface area (Å²) in [5.74, 6) is 0.737. The van der Waals surface area contributed by atoms with Crippen molar-refractivity contribution in [2.24, 2.45) is 0 Å². The Bertz CT molecular complexity index is 558. The van der Waals surface area contributed by atoms with E-state index in [0.717, 1.165) is 11.5 Å². The molecule has 5 heteroatoms. The van der Waals surface area contributed by atoms with Crippen LogP contribution in [0.1, 0.15) is 24.8 Å². The molecule has 2 fully saturated rings. The van der Waals surface area contributed by atoms with Gasteiger partial charge in [0.25, 0.3) is 0 Å². The summed E-state index contributed by atoms with van der Waals surface area (Å²) < 4.78 is 0. The second kappa shape index (κ2) is 4.13. The van der Waals surface area contributed by atoms with Crippen molar-refractivity contribution < 1.29 is 0 Å². The van der Waals surface area contributed by atoms with E-state index in [9.17, 15) is 0 Å². The summed E-state index contributed by atoms with van der Waals surface area (Å²) in [5, 5.41) is 6.72. The van der Waals surface area contributed by atoms with Gasteiger partial charge in [-0.25, -0.2) is 4.98 Å². The zero-order valence-corrected chi connectivity index (χ0v) is 10.8. The van der Waals surface area contributed by atoms with Crippen LogP contribution in [0, 0.1) is 0 Å². The van der Waals surface area contributed by atoms with Crippen molar-refractivity contribution in [2.45, 2.75) is 24.7 Å². The van der Waals surface area contributed by atoms with E-state index in [1.165, 1.54) is 50.8 Å². The molecular formula is C14H17N5. The summed E-state index contributed by atoms with van der Waals surface area (Å²) >= 11 is 0. The van der Waals surface area contributed by atoms with Crippen molar-refractivity contribution in [3.8, 4) is 11.5 Å². The first-order valence-corrected chi connectivity index (χ1v) is 6.90. The third-order valence-corrected chi connectivity index (χ3v) is 4.60. The van der Waals surface area contributed by atoms with Crippen LogP contribution in [0.25, 0.3) is 11.5 Å². The van der Waals surface area contributed by atoms with E-state index < -0.39 is 0 Å². The van der Waals surface area contributed by atoms with E-state index in [1.54, 1.807) is 0 Å². The molecule has 98 valence electrons. The van der Waals surface area contributed by atoms with Crippen LogP contribution in [0.3, 0.4) is 0 Å². The lowest BCUT2D eigenvalue weighted by Gasteiger charge is -2.34. The number of piperidine rings is 1. The highest BCUT2D eigenvalue weighted by molar-refractivity contribution is 5.48. The Labute approximate surface area is 112 Å². The molecule has 2 aliphatic heterocycles. The topological polar surface area (TPSA) is 57.7 Å². The molecule has 4 rings (SSSR count). The molecule has 19 heavy (non-hydrogen) atoms. The summed E-state index contributed by atoms with van der Waals surface area (Å²) in [4.78, 5) is 11.3. The van der Waals surface area contributed by atoms with E-state index in [1.807, 2.05) is 6.20 Å². The monoisotopic (exact) mass is 255 g/mol. The molecule has 1 N–H and O–H groups in total. The Kier molecular flexibility index (Phi) is 2.41. The third kappa shape index (κ3) is 1.76. The normalized spacial score (nSPS) is 29.6. The largest absolute Gasteiger partial charge is 0.302 e. The van der Waals surface area contributed by atoms with Gasteiger partial charge in [0.1, 0.15) is 12.0 Å². The third-order valence-electron chi connectivity index (χ3n) is 4.60. The number of nitrogens with zero attached hydrogens (tertiary/aromatic N) is 4. The zero-order chi connectivity index (χ0) is 12.7. The first kappa shape index (κ1) is 11.1. The summed E-state index contributed by atoms with van der Waals surface area (Å²) in [5.41, 5.74) is 2.60. The molecule has 0 amide bonds. The van der Waals surface area contributed by atoms with Gasteiger partial charge in [-0.15, -0.1) is 0 Å². The lowest BCUT2D eigenvalue weighted by molar-refractivity contribution is 0.243. The Morgan fingerprint density at radius 3 is 2.95 bits per heavy atom. The molecule has 2 bridgehead atoms. The summed E-state index contributed by atoms with van der Waals surface area (Å²) in [6.45, 7) is 3.71. The molecule has 2 atom stereocenters. The van der Waals surface area contributed by atoms with Crippen LogP contribution in [0.5, 0.6) is 0 Å². The number of H-pyrrole nitrogens is 1. The first-order chi connectivity index (χ1) is 9.36. The van der Waals surface area contributed by atoms with E-state index in [-0.39, 0.29) is 0 Å². The van der Waals surface area contributed by atoms with Gasteiger partial charge in [0.05, 0.1) is 0 Å². The number of aromatic amines is 1. The van der Waals surface area contributed by atoms with Gasteiger partial charge in [-0.3, -0.25) is 10.1 Å². The predicted octanol–water partition coefficient (Wildman–Crippen LogP) is 1.60. The van der Waals surface area contributed by atoms with Crippen LogP contribution in [0.2, 0.25) is 0 Å². The van der Waals surface area contributed by atoms with Crippen molar-refractivity contribution in [3.05, 3.63) is 30.2 Å². The van der Waals surface area contributed by atoms with Gasteiger partial charge < -0.3 is 4.90 Å². The number of aromatic nitrogens is 4. The van der Waals surface area contributed by atoms with Gasteiger partial charge in [0, 0.05) is 18.2 Å². The number of nitrogens with one attached hydrogen (secondary N) is 1. The molecule has 2 saturated heterocycles. The SMILES string of the molecule is c1n[nH]c(-c2ccc(C34CCCN(CC3)C4)cn2)n1. The van der Waals surface area contributed by atoms with Gasteiger partial charge in [0.2, 0.25) is 0 Å². The van der Waals surface area contributed by atoms with E-state index in [4.69, 9.17) is 0 Å². The van der Waals surface area contributed by atoms with Crippen molar-refractivity contribution in [1.29, 1.82) is 0 Å².